The van der Waals surface area contributed by atoms with Crippen molar-refractivity contribution in [2.24, 2.45) is 10.7 Å². The van der Waals surface area contributed by atoms with Gasteiger partial charge in [-0.2, -0.15) is 0 Å². The highest BCUT2D eigenvalue weighted by Gasteiger charge is 2.11. The minimum Gasteiger partial charge on any atom is -0.370 e. The van der Waals surface area contributed by atoms with E-state index in [-0.39, 0.29) is 11.9 Å². The molecule has 0 heterocycles. The summed E-state index contributed by atoms with van der Waals surface area (Å²) in [6, 6.07) is 12.5. The molecule has 2 aromatic rings. The minimum absolute atomic E-state index is 0.0325. The molecule has 7 heteroatoms. The van der Waals surface area contributed by atoms with E-state index in [0.29, 0.717) is 28.1 Å². The monoisotopic (exact) mass is 392 g/mol. The summed E-state index contributed by atoms with van der Waals surface area (Å²) in [7, 11) is 3.45. The maximum atomic E-state index is 11.9. The number of hydrogen-bond acceptors (Lipinski definition) is 2. The number of carbonyl (C=O) groups is 1. The van der Waals surface area contributed by atoms with Crippen molar-refractivity contribution in [2.75, 3.05) is 14.1 Å². The average Bonchev–Trinajstić information content (AvgIpc) is 2.59. The fraction of sp³-hybridized carbons (Fsp3) is 0.263. The molecule has 5 nitrogen and oxygen atoms in total. The van der Waals surface area contributed by atoms with Gasteiger partial charge in [-0.3, -0.25) is 4.79 Å². The summed E-state index contributed by atoms with van der Waals surface area (Å²) in [6.07, 6.45) is 0. The second-order valence-electron chi connectivity index (χ2n) is 6.13. The average molecular weight is 393 g/mol. The molecule has 0 aliphatic rings. The highest BCUT2D eigenvalue weighted by molar-refractivity contribution is 6.35. The first-order chi connectivity index (χ1) is 12.3. The zero-order valence-corrected chi connectivity index (χ0v) is 16.5. The summed E-state index contributed by atoms with van der Waals surface area (Å²) < 4.78 is 0. The largest absolute Gasteiger partial charge is 0.370 e. The molecule has 0 saturated carbocycles. The van der Waals surface area contributed by atoms with Crippen LogP contribution in [0.3, 0.4) is 0 Å². The number of benzene rings is 2. The lowest BCUT2D eigenvalue weighted by molar-refractivity contribution is 0.0827. The molecule has 0 aliphatic heterocycles. The van der Waals surface area contributed by atoms with Crippen LogP contribution in [-0.2, 0) is 6.54 Å². The lowest BCUT2D eigenvalue weighted by Gasteiger charge is -2.16. The summed E-state index contributed by atoms with van der Waals surface area (Å²) >= 11 is 12.1. The van der Waals surface area contributed by atoms with E-state index >= 15 is 0 Å². The van der Waals surface area contributed by atoms with Crippen molar-refractivity contribution >= 4 is 35.1 Å². The van der Waals surface area contributed by atoms with E-state index in [4.69, 9.17) is 28.9 Å². The van der Waals surface area contributed by atoms with Crippen molar-refractivity contribution in [2.45, 2.75) is 19.5 Å². The van der Waals surface area contributed by atoms with Gasteiger partial charge in [-0.05, 0) is 42.3 Å². The number of amides is 1. The van der Waals surface area contributed by atoms with Gasteiger partial charge in [0.2, 0.25) is 0 Å². The third-order valence-electron chi connectivity index (χ3n) is 3.83. The molecule has 0 aliphatic carbocycles. The van der Waals surface area contributed by atoms with Crippen LogP contribution >= 0.6 is 23.2 Å². The number of halogens is 2. The molecule has 0 radical (unpaired) electrons. The first-order valence-corrected chi connectivity index (χ1v) is 8.85. The number of rotatable bonds is 5. The SMILES string of the molecule is CC(NC(N)=NCc1ccc(C(=O)N(C)C)cc1)c1ccc(Cl)cc1Cl. The third kappa shape index (κ3) is 5.38. The Bertz CT molecular complexity index is 804. The number of nitrogens with two attached hydrogens (primary N) is 1. The predicted molar refractivity (Wildman–Crippen MR) is 108 cm³/mol. The summed E-state index contributed by atoms with van der Waals surface area (Å²) in [6.45, 7) is 2.36. The summed E-state index contributed by atoms with van der Waals surface area (Å²) in [4.78, 5) is 17.8. The normalized spacial score (nSPS) is 12.6. The Labute approximate surface area is 163 Å². The molecular weight excluding hydrogens is 371 g/mol. The molecule has 0 spiro atoms. The van der Waals surface area contributed by atoms with Crippen molar-refractivity contribution in [3.63, 3.8) is 0 Å². The summed E-state index contributed by atoms with van der Waals surface area (Å²) in [5.41, 5.74) is 8.46. The molecule has 0 saturated heterocycles. The van der Waals surface area contributed by atoms with Crippen LogP contribution in [0, 0.1) is 0 Å². The van der Waals surface area contributed by atoms with Crippen LogP contribution < -0.4 is 11.1 Å². The van der Waals surface area contributed by atoms with Gasteiger partial charge in [0.05, 0.1) is 12.6 Å². The molecule has 1 amide bonds. The van der Waals surface area contributed by atoms with E-state index in [0.717, 1.165) is 11.1 Å². The lowest BCUT2D eigenvalue weighted by Crippen LogP contribution is -2.34. The zero-order chi connectivity index (χ0) is 19.3. The zero-order valence-electron chi connectivity index (χ0n) is 15.0. The van der Waals surface area contributed by atoms with Gasteiger partial charge in [-0.1, -0.05) is 41.4 Å². The van der Waals surface area contributed by atoms with Crippen LogP contribution in [0.2, 0.25) is 10.0 Å². The second kappa shape index (κ2) is 8.92. The van der Waals surface area contributed by atoms with Gasteiger partial charge >= 0.3 is 0 Å². The van der Waals surface area contributed by atoms with Gasteiger partial charge in [0.1, 0.15) is 0 Å². The number of nitrogens with one attached hydrogen (secondary N) is 1. The van der Waals surface area contributed by atoms with Crippen LogP contribution in [0.1, 0.15) is 34.5 Å². The Morgan fingerprint density at radius 3 is 2.42 bits per heavy atom. The number of aliphatic imine (C=N–C) groups is 1. The van der Waals surface area contributed by atoms with Crippen LogP contribution in [0.25, 0.3) is 0 Å². The maximum absolute atomic E-state index is 11.9. The van der Waals surface area contributed by atoms with Crippen molar-refractivity contribution in [3.05, 3.63) is 69.2 Å². The molecule has 0 fully saturated rings. The molecule has 2 aromatic carbocycles. The highest BCUT2D eigenvalue weighted by atomic mass is 35.5. The van der Waals surface area contributed by atoms with Crippen molar-refractivity contribution in [1.82, 2.24) is 10.2 Å². The molecule has 0 bridgehead atoms. The molecular formula is C19H22Cl2N4O. The number of hydrogen-bond donors (Lipinski definition) is 2. The van der Waals surface area contributed by atoms with Crippen LogP contribution in [-0.4, -0.2) is 30.9 Å². The molecule has 1 atom stereocenters. The van der Waals surface area contributed by atoms with E-state index in [2.05, 4.69) is 10.3 Å². The summed E-state index contributed by atoms with van der Waals surface area (Å²) in [5.74, 6) is 0.284. The topological polar surface area (TPSA) is 70.7 Å². The Morgan fingerprint density at radius 2 is 1.85 bits per heavy atom. The van der Waals surface area contributed by atoms with Gasteiger partial charge < -0.3 is 16.0 Å². The molecule has 138 valence electrons. The molecule has 3 N–H and O–H groups in total. The van der Waals surface area contributed by atoms with Crippen LogP contribution in [0.4, 0.5) is 0 Å². The quantitative estimate of drug-likeness (QED) is 0.599. The lowest BCUT2D eigenvalue weighted by atomic mass is 10.1. The van der Waals surface area contributed by atoms with Crippen molar-refractivity contribution < 1.29 is 4.79 Å². The fourth-order valence-corrected chi connectivity index (χ4v) is 2.96. The minimum atomic E-state index is -0.108. The van der Waals surface area contributed by atoms with Gasteiger partial charge in [0.15, 0.2) is 5.96 Å². The number of nitrogens with zero attached hydrogens (tertiary/aromatic N) is 2. The Hall–Kier alpha value is -2.24. The Balaban J connectivity index is 1.98. The first-order valence-electron chi connectivity index (χ1n) is 8.10. The van der Waals surface area contributed by atoms with Gasteiger partial charge in [-0.15, -0.1) is 0 Å². The Kier molecular flexibility index (Phi) is 6.89. The van der Waals surface area contributed by atoms with E-state index in [9.17, 15) is 4.79 Å². The highest BCUT2D eigenvalue weighted by Crippen LogP contribution is 2.25. The summed E-state index contributed by atoms with van der Waals surface area (Å²) in [5, 5.41) is 4.27. The Morgan fingerprint density at radius 1 is 1.19 bits per heavy atom. The predicted octanol–water partition coefficient (Wildman–Crippen LogP) is 3.86. The second-order valence-corrected chi connectivity index (χ2v) is 6.97. The number of guanidine groups is 1. The standard InChI is InChI=1S/C19H22Cl2N4O/c1-12(16-9-8-15(20)10-17(16)21)24-19(22)23-11-13-4-6-14(7-5-13)18(26)25(2)3/h4-10,12H,11H2,1-3H3,(H3,22,23,24). The van der Waals surface area contributed by atoms with Crippen LogP contribution in [0.15, 0.2) is 47.5 Å². The number of carbonyl (C=O) groups excluding carboxylic acids is 1. The fourth-order valence-electron chi connectivity index (χ4n) is 2.39. The third-order valence-corrected chi connectivity index (χ3v) is 4.39. The molecule has 0 aromatic heterocycles. The van der Waals surface area contributed by atoms with E-state index in [1.54, 1.807) is 43.3 Å². The van der Waals surface area contributed by atoms with Gasteiger partial charge in [-0.25, -0.2) is 4.99 Å². The smallest absolute Gasteiger partial charge is 0.253 e. The van der Waals surface area contributed by atoms with Gasteiger partial charge in [0.25, 0.3) is 5.91 Å². The molecule has 2 rings (SSSR count). The molecule has 26 heavy (non-hydrogen) atoms. The van der Waals surface area contributed by atoms with E-state index in [1.807, 2.05) is 25.1 Å². The molecule has 1 unspecified atom stereocenters. The van der Waals surface area contributed by atoms with Gasteiger partial charge in [0, 0.05) is 29.7 Å². The van der Waals surface area contributed by atoms with Crippen molar-refractivity contribution in [3.8, 4) is 0 Å². The van der Waals surface area contributed by atoms with E-state index in [1.165, 1.54) is 0 Å². The first kappa shape index (κ1) is 20.1. The van der Waals surface area contributed by atoms with E-state index < -0.39 is 0 Å². The maximum Gasteiger partial charge on any atom is 0.253 e. The van der Waals surface area contributed by atoms with Crippen LogP contribution in [0.5, 0.6) is 0 Å². The van der Waals surface area contributed by atoms with Crippen molar-refractivity contribution in [1.29, 1.82) is 0 Å².